The van der Waals surface area contributed by atoms with Crippen molar-refractivity contribution in [3.05, 3.63) is 23.5 Å². The zero-order valence-electron chi connectivity index (χ0n) is 30.5. The molecule has 11 heteroatoms. The van der Waals surface area contributed by atoms with Crippen LogP contribution in [-0.2, 0) is 16.1 Å². The molecule has 0 spiro atoms. The number of fused-ring (bicyclic) bond motifs is 7. The van der Waals surface area contributed by atoms with Crippen molar-refractivity contribution in [2.24, 2.45) is 50.2 Å². The van der Waals surface area contributed by atoms with Gasteiger partial charge in [-0.2, -0.15) is 0 Å². The summed E-state index contributed by atoms with van der Waals surface area (Å²) in [4.78, 5) is 14.6. The van der Waals surface area contributed by atoms with Crippen molar-refractivity contribution in [1.29, 1.82) is 0 Å². The lowest BCUT2D eigenvalue weighted by molar-refractivity contribution is -0.215. The second kappa shape index (κ2) is 11.6. The summed E-state index contributed by atoms with van der Waals surface area (Å²) in [5.74, 6) is 0.627. The van der Waals surface area contributed by atoms with E-state index in [0.29, 0.717) is 30.4 Å². The molecule has 13 atom stereocenters. The van der Waals surface area contributed by atoms with E-state index in [4.69, 9.17) is 4.74 Å². The van der Waals surface area contributed by atoms with Crippen LogP contribution in [0.15, 0.2) is 17.8 Å². The molecule has 3 unspecified atom stereocenters. The van der Waals surface area contributed by atoms with E-state index < -0.39 is 36.1 Å². The van der Waals surface area contributed by atoms with Gasteiger partial charge in [0, 0.05) is 0 Å². The maximum absolute atomic E-state index is 14.6. The van der Waals surface area contributed by atoms with Crippen LogP contribution >= 0.6 is 0 Å². The largest absolute Gasteiger partial charge is 0.393 e. The summed E-state index contributed by atoms with van der Waals surface area (Å²) < 4.78 is 6.82. The van der Waals surface area contributed by atoms with E-state index in [1.165, 1.54) is 10.3 Å². The number of carbonyl (C=O) groups is 1. The molecule has 49 heavy (non-hydrogen) atoms. The minimum absolute atomic E-state index is 0.0276. The van der Waals surface area contributed by atoms with Crippen LogP contribution in [0.1, 0.15) is 118 Å². The normalized spacial score (nSPS) is 48.7. The number of aromatic nitrogens is 3. The van der Waals surface area contributed by atoms with Crippen molar-refractivity contribution < 1.29 is 35.1 Å². The molecule has 11 nitrogen and oxygen atoms in total. The van der Waals surface area contributed by atoms with E-state index in [9.17, 15) is 30.3 Å². The Balaban J connectivity index is 1.17. The molecule has 0 aromatic carbocycles. The highest BCUT2D eigenvalue weighted by molar-refractivity contribution is 5.85. The lowest BCUT2D eigenvalue weighted by Crippen LogP contribution is -2.68. The van der Waals surface area contributed by atoms with Gasteiger partial charge in [0.2, 0.25) is 5.91 Å². The molecule has 6 N–H and O–H groups in total. The van der Waals surface area contributed by atoms with E-state index in [0.717, 1.165) is 44.9 Å². The van der Waals surface area contributed by atoms with Crippen LogP contribution in [0.25, 0.3) is 0 Å². The first-order chi connectivity index (χ1) is 22.8. The van der Waals surface area contributed by atoms with Crippen LogP contribution in [0.3, 0.4) is 0 Å². The third kappa shape index (κ3) is 4.99. The summed E-state index contributed by atoms with van der Waals surface area (Å²) >= 11 is 0. The number of aliphatic hydroxyl groups excluding tert-OH is 5. The number of allylic oxidation sites excluding steroid dienone is 2. The van der Waals surface area contributed by atoms with E-state index in [-0.39, 0.29) is 58.2 Å². The average Bonchev–Trinajstić information content (AvgIpc) is 3.49. The van der Waals surface area contributed by atoms with Crippen LogP contribution < -0.4 is 5.32 Å². The molecule has 0 bridgehead atoms. The highest BCUT2D eigenvalue weighted by Gasteiger charge is 2.71. The molecule has 1 amide bonds. The van der Waals surface area contributed by atoms with Gasteiger partial charge >= 0.3 is 0 Å². The molecule has 7 rings (SSSR count). The maximum Gasteiger partial charge on any atom is 0.229 e. The quantitative estimate of drug-likeness (QED) is 0.259. The summed E-state index contributed by atoms with van der Waals surface area (Å²) in [6, 6.07) is 0. The number of rotatable bonds is 4. The predicted octanol–water partition coefficient (Wildman–Crippen LogP) is 3.64. The minimum Gasteiger partial charge on any atom is -0.393 e. The lowest BCUT2D eigenvalue weighted by atomic mass is 9.33. The fourth-order valence-corrected chi connectivity index (χ4v) is 12.6. The number of ether oxygens (including phenoxy) is 1. The molecule has 5 aliphatic carbocycles. The standard InChI is InChI=1S/C38H60N4O7/c1-33(2)14-15-38(32(48)39-18-21-19-42(41-40-21)31-30(47)29(46)24(43)20-49-31)23(16-33)22-8-9-26-35(5)12-11-27(44)34(3,4)25(35)10-13-36(26,6)37(22,7)17-28(38)45/h8,19,23-31,43-47H,9-18,20H2,1-7H3,(H,39,48)/t23?,24-,25?,26?,27-,28+,29+,30-,31-,35-,36+,37+,38+/m0/s1. The van der Waals surface area contributed by atoms with Gasteiger partial charge in [-0.3, -0.25) is 4.79 Å². The number of amides is 1. The Hall–Kier alpha value is -1.89. The number of carbonyl (C=O) groups excluding carboxylic acids is 1. The zero-order valence-corrected chi connectivity index (χ0v) is 30.5. The maximum atomic E-state index is 14.6. The molecule has 5 fully saturated rings. The van der Waals surface area contributed by atoms with Crippen LogP contribution in [0.5, 0.6) is 0 Å². The second-order valence-electron chi connectivity index (χ2n) is 19.0. The number of nitrogens with one attached hydrogen (secondary N) is 1. The molecule has 0 radical (unpaired) electrons. The molecule has 2 heterocycles. The molecule has 6 aliphatic rings. The first-order valence-corrected chi connectivity index (χ1v) is 18.7. The molecule has 1 aliphatic heterocycles. The fourth-order valence-electron chi connectivity index (χ4n) is 12.6. The molecule has 1 saturated heterocycles. The van der Waals surface area contributed by atoms with E-state index in [2.05, 4.69) is 70.2 Å². The Labute approximate surface area is 290 Å². The van der Waals surface area contributed by atoms with Gasteiger partial charge in [0.1, 0.15) is 24.0 Å². The van der Waals surface area contributed by atoms with Gasteiger partial charge in [0.25, 0.3) is 0 Å². The topological polar surface area (TPSA) is 170 Å². The summed E-state index contributed by atoms with van der Waals surface area (Å²) in [5.41, 5.74) is 0.559. The van der Waals surface area contributed by atoms with Gasteiger partial charge in [-0.05, 0) is 103 Å². The monoisotopic (exact) mass is 684 g/mol. The van der Waals surface area contributed by atoms with Gasteiger partial charge in [-0.15, -0.1) is 5.10 Å². The van der Waals surface area contributed by atoms with Crippen molar-refractivity contribution in [3.63, 3.8) is 0 Å². The summed E-state index contributed by atoms with van der Waals surface area (Å²) in [6.07, 6.45) is 5.77. The first kappa shape index (κ1) is 35.5. The average molecular weight is 685 g/mol. The SMILES string of the molecule is CC1(C)CC[C@@]2(C(=O)NCc3cn([C@H]4OC[C@H](O)[C@@H](O)[C@@H]4O)nn3)C(C1)C1=CCC3[C@@]4(C)CC[C@H](O)C(C)(C)C4CC[C@@]3(C)[C@]1(C)C[C@H]2O. The Morgan fingerprint density at radius 1 is 0.918 bits per heavy atom. The first-order valence-electron chi connectivity index (χ1n) is 18.7. The molecular formula is C38H60N4O7. The Morgan fingerprint density at radius 3 is 2.39 bits per heavy atom. The molecular weight excluding hydrogens is 624 g/mol. The Bertz CT molecular complexity index is 1490. The fraction of sp³-hybridized carbons (Fsp3) is 0.868. The zero-order chi connectivity index (χ0) is 35.5. The third-order valence-corrected chi connectivity index (χ3v) is 15.8. The van der Waals surface area contributed by atoms with E-state index in [1.807, 2.05) is 0 Å². The number of hydrogen-bond donors (Lipinski definition) is 6. The van der Waals surface area contributed by atoms with Crippen molar-refractivity contribution in [2.45, 2.75) is 150 Å². The molecule has 1 aromatic rings. The summed E-state index contributed by atoms with van der Waals surface area (Å²) in [6.45, 7) is 16.4. The molecule has 1 aromatic heterocycles. The van der Waals surface area contributed by atoms with Gasteiger partial charge in [-0.25, -0.2) is 4.68 Å². The van der Waals surface area contributed by atoms with Gasteiger partial charge in [0.05, 0.1) is 37.0 Å². The van der Waals surface area contributed by atoms with Crippen molar-refractivity contribution in [2.75, 3.05) is 6.61 Å². The third-order valence-electron chi connectivity index (χ3n) is 15.8. The Kier molecular flexibility index (Phi) is 8.37. The van der Waals surface area contributed by atoms with Crippen LogP contribution in [0.4, 0.5) is 0 Å². The van der Waals surface area contributed by atoms with Gasteiger partial charge < -0.3 is 35.6 Å². The lowest BCUT2D eigenvalue weighted by Gasteiger charge is -2.71. The highest BCUT2D eigenvalue weighted by atomic mass is 16.5. The van der Waals surface area contributed by atoms with Crippen LogP contribution in [0, 0.1) is 50.2 Å². The van der Waals surface area contributed by atoms with Crippen LogP contribution in [0.2, 0.25) is 0 Å². The van der Waals surface area contributed by atoms with Crippen molar-refractivity contribution in [3.8, 4) is 0 Å². The highest BCUT2D eigenvalue weighted by Crippen LogP contribution is 2.75. The van der Waals surface area contributed by atoms with Crippen molar-refractivity contribution >= 4 is 5.91 Å². The number of nitrogens with zero attached hydrogens (tertiary/aromatic N) is 3. The predicted molar refractivity (Wildman–Crippen MR) is 181 cm³/mol. The van der Waals surface area contributed by atoms with Gasteiger partial charge in [-0.1, -0.05) is 65.3 Å². The smallest absolute Gasteiger partial charge is 0.229 e. The number of hydrogen-bond acceptors (Lipinski definition) is 9. The molecule has 274 valence electrons. The molecule has 4 saturated carbocycles. The van der Waals surface area contributed by atoms with E-state index in [1.54, 1.807) is 6.20 Å². The van der Waals surface area contributed by atoms with E-state index >= 15 is 0 Å². The van der Waals surface area contributed by atoms with Crippen LogP contribution in [-0.4, -0.2) is 83.6 Å². The summed E-state index contributed by atoms with van der Waals surface area (Å²) in [5, 5.41) is 65.3. The van der Waals surface area contributed by atoms with Crippen molar-refractivity contribution in [1.82, 2.24) is 20.3 Å². The Morgan fingerprint density at radius 2 is 1.65 bits per heavy atom. The number of aliphatic hydroxyl groups is 5. The summed E-state index contributed by atoms with van der Waals surface area (Å²) in [7, 11) is 0. The van der Waals surface area contributed by atoms with Gasteiger partial charge in [0.15, 0.2) is 6.23 Å². The minimum atomic E-state index is -1.39. The second-order valence-corrected chi connectivity index (χ2v) is 19.0.